The summed E-state index contributed by atoms with van der Waals surface area (Å²) in [6, 6.07) is 9.95. The van der Waals surface area contributed by atoms with Crippen molar-refractivity contribution in [1.82, 2.24) is 5.48 Å². The summed E-state index contributed by atoms with van der Waals surface area (Å²) in [5, 5.41) is 9.98. The zero-order chi connectivity index (χ0) is 11.9. The fourth-order valence-electron chi connectivity index (χ4n) is 1.39. The molecule has 0 aliphatic rings. The number of rotatable bonds is 7. The van der Waals surface area contributed by atoms with Gasteiger partial charge in [0, 0.05) is 6.54 Å². The van der Waals surface area contributed by atoms with Gasteiger partial charge < -0.3 is 5.11 Å². The molecular weight excluding hydrogens is 202 g/mol. The monoisotopic (exact) mass is 223 g/mol. The molecule has 0 radical (unpaired) electrons. The molecule has 3 nitrogen and oxygen atoms in total. The second-order valence-corrected chi connectivity index (χ2v) is 4.03. The van der Waals surface area contributed by atoms with Crippen LogP contribution in [0.2, 0.25) is 0 Å². The number of aliphatic hydroxyl groups is 1. The molecule has 16 heavy (non-hydrogen) atoms. The Morgan fingerprint density at radius 2 is 1.81 bits per heavy atom. The summed E-state index contributed by atoms with van der Waals surface area (Å²) in [6.45, 7) is 4.93. The number of hydrogen-bond acceptors (Lipinski definition) is 3. The molecular formula is C13H21NO2. The molecule has 0 fully saturated rings. The summed E-state index contributed by atoms with van der Waals surface area (Å²) >= 11 is 0. The van der Waals surface area contributed by atoms with Gasteiger partial charge in [-0.15, -0.1) is 0 Å². The molecule has 1 aromatic rings. The van der Waals surface area contributed by atoms with Crippen molar-refractivity contribution in [3.05, 3.63) is 35.9 Å². The number of hydrogen-bond donors (Lipinski definition) is 2. The minimum absolute atomic E-state index is 0.465. The summed E-state index contributed by atoms with van der Waals surface area (Å²) < 4.78 is 0. The lowest BCUT2D eigenvalue weighted by atomic mass is 9.98. The van der Waals surface area contributed by atoms with Gasteiger partial charge in [-0.1, -0.05) is 44.2 Å². The van der Waals surface area contributed by atoms with E-state index in [4.69, 9.17) is 4.84 Å². The van der Waals surface area contributed by atoms with Crippen LogP contribution in [0.1, 0.15) is 32.3 Å². The van der Waals surface area contributed by atoms with Gasteiger partial charge in [0.05, 0.1) is 12.2 Å². The normalized spacial score (nSPS) is 11.7. The Balaban J connectivity index is 2.22. The van der Waals surface area contributed by atoms with Crippen molar-refractivity contribution < 1.29 is 9.94 Å². The van der Waals surface area contributed by atoms with Crippen molar-refractivity contribution in [2.24, 2.45) is 0 Å². The van der Waals surface area contributed by atoms with Gasteiger partial charge in [0.1, 0.15) is 0 Å². The lowest BCUT2D eigenvalue weighted by Crippen LogP contribution is -2.39. The van der Waals surface area contributed by atoms with Crippen molar-refractivity contribution in [2.45, 2.75) is 38.9 Å². The van der Waals surface area contributed by atoms with Gasteiger partial charge in [-0.05, 0) is 18.4 Å². The van der Waals surface area contributed by atoms with Crippen LogP contribution in [0.3, 0.4) is 0 Å². The molecule has 2 N–H and O–H groups in total. The van der Waals surface area contributed by atoms with Crippen LogP contribution in [0.25, 0.3) is 0 Å². The van der Waals surface area contributed by atoms with Gasteiger partial charge in [-0.3, -0.25) is 4.84 Å². The molecule has 0 saturated heterocycles. The number of benzene rings is 1. The molecule has 0 saturated carbocycles. The van der Waals surface area contributed by atoms with E-state index in [0.717, 1.165) is 18.4 Å². The summed E-state index contributed by atoms with van der Waals surface area (Å²) in [5.74, 6) is 0. The molecule has 1 aromatic carbocycles. The van der Waals surface area contributed by atoms with Crippen molar-refractivity contribution in [3.63, 3.8) is 0 Å². The maximum atomic E-state index is 9.98. The van der Waals surface area contributed by atoms with Crippen molar-refractivity contribution in [1.29, 1.82) is 0 Å². The number of nitrogens with one attached hydrogen (secondary N) is 1. The molecule has 0 spiro atoms. The first-order valence-corrected chi connectivity index (χ1v) is 5.81. The van der Waals surface area contributed by atoms with Gasteiger partial charge in [0.2, 0.25) is 0 Å². The van der Waals surface area contributed by atoms with Gasteiger partial charge in [-0.2, -0.15) is 5.48 Å². The average Bonchev–Trinajstić information content (AvgIpc) is 2.36. The van der Waals surface area contributed by atoms with Crippen LogP contribution in [0.5, 0.6) is 0 Å². The summed E-state index contributed by atoms with van der Waals surface area (Å²) in [5.41, 5.74) is 3.29. The minimum atomic E-state index is -0.656. The zero-order valence-electron chi connectivity index (χ0n) is 10.1. The minimum Gasteiger partial charge on any atom is -0.388 e. The van der Waals surface area contributed by atoms with Crippen LogP contribution >= 0.6 is 0 Å². The van der Waals surface area contributed by atoms with E-state index in [1.165, 1.54) is 0 Å². The molecule has 0 bridgehead atoms. The summed E-state index contributed by atoms with van der Waals surface area (Å²) in [6.07, 6.45) is 1.45. The Morgan fingerprint density at radius 3 is 2.38 bits per heavy atom. The lowest BCUT2D eigenvalue weighted by molar-refractivity contribution is -0.0425. The van der Waals surface area contributed by atoms with Crippen molar-refractivity contribution in [3.8, 4) is 0 Å². The third-order valence-corrected chi connectivity index (χ3v) is 2.90. The van der Waals surface area contributed by atoms with Crippen LogP contribution < -0.4 is 5.48 Å². The van der Waals surface area contributed by atoms with Crippen molar-refractivity contribution in [2.75, 3.05) is 6.54 Å². The zero-order valence-corrected chi connectivity index (χ0v) is 10.1. The van der Waals surface area contributed by atoms with Crippen LogP contribution in [-0.4, -0.2) is 17.3 Å². The summed E-state index contributed by atoms with van der Waals surface area (Å²) in [4.78, 5) is 5.31. The Labute approximate surface area is 97.4 Å². The fraction of sp³-hybridized carbons (Fsp3) is 0.538. The first kappa shape index (κ1) is 13.2. The highest BCUT2D eigenvalue weighted by Crippen LogP contribution is 2.12. The van der Waals surface area contributed by atoms with E-state index in [-0.39, 0.29) is 0 Å². The molecule has 0 aliphatic heterocycles. The second-order valence-electron chi connectivity index (χ2n) is 4.03. The largest absolute Gasteiger partial charge is 0.388 e. The fourth-order valence-corrected chi connectivity index (χ4v) is 1.39. The third kappa shape index (κ3) is 4.31. The molecule has 90 valence electrons. The molecule has 0 unspecified atom stereocenters. The predicted octanol–water partition coefficient (Wildman–Crippen LogP) is 2.26. The van der Waals surface area contributed by atoms with E-state index >= 15 is 0 Å². The molecule has 0 amide bonds. The highest BCUT2D eigenvalue weighted by molar-refractivity contribution is 5.13. The maximum absolute atomic E-state index is 9.98. The van der Waals surface area contributed by atoms with Crippen molar-refractivity contribution >= 4 is 0 Å². The molecule has 0 heterocycles. The van der Waals surface area contributed by atoms with Crippen LogP contribution in [0.15, 0.2) is 30.3 Å². The van der Waals surface area contributed by atoms with E-state index < -0.39 is 5.60 Å². The summed E-state index contributed by atoms with van der Waals surface area (Å²) in [7, 11) is 0. The lowest BCUT2D eigenvalue weighted by Gasteiger charge is -2.25. The first-order chi connectivity index (χ1) is 7.70. The van der Waals surface area contributed by atoms with Crippen LogP contribution in [-0.2, 0) is 11.4 Å². The van der Waals surface area contributed by atoms with Crippen LogP contribution in [0, 0.1) is 0 Å². The topological polar surface area (TPSA) is 41.5 Å². The first-order valence-electron chi connectivity index (χ1n) is 5.81. The third-order valence-electron chi connectivity index (χ3n) is 2.90. The van der Waals surface area contributed by atoms with E-state index in [2.05, 4.69) is 5.48 Å². The van der Waals surface area contributed by atoms with E-state index in [1.807, 2.05) is 44.2 Å². The molecule has 0 aromatic heterocycles. The van der Waals surface area contributed by atoms with Gasteiger partial charge in [0.15, 0.2) is 0 Å². The van der Waals surface area contributed by atoms with Gasteiger partial charge in [0.25, 0.3) is 0 Å². The van der Waals surface area contributed by atoms with E-state index in [1.54, 1.807) is 0 Å². The Bertz CT molecular complexity index is 283. The standard InChI is InChI=1S/C13H21NO2/c1-3-13(15,4-2)11-14-16-10-12-8-6-5-7-9-12/h5-9,14-15H,3-4,10-11H2,1-2H3. The van der Waals surface area contributed by atoms with E-state index in [9.17, 15) is 5.11 Å². The predicted molar refractivity (Wildman–Crippen MR) is 64.8 cm³/mol. The number of hydroxylamine groups is 1. The molecule has 3 heteroatoms. The Kier molecular flexibility index (Phi) is 5.46. The smallest absolute Gasteiger partial charge is 0.0933 e. The van der Waals surface area contributed by atoms with Gasteiger partial charge in [-0.25, -0.2) is 0 Å². The van der Waals surface area contributed by atoms with Crippen LogP contribution in [0.4, 0.5) is 0 Å². The average molecular weight is 223 g/mol. The maximum Gasteiger partial charge on any atom is 0.0933 e. The molecule has 0 atom stereocenters. The Morgan fingerprint density at radius 1 is 1.19 bits per heavy atom. The molecule has 1 rings (SSSR count). The van der Waals surface area contributed by atoms with Gasteiger partial charge >= 0.3 is 0 Å². The highest BCUT2D eigenvalue weighted by Gasteiger charge is 2.21. The SMILES string of the molecule is CCC(O)(CC)CNOCc1ccccc1. The second kappa shape index (κ2) is 6.63. The Hall–Kier alpha value is -0.900. The highest BCUT2D eigenvalue weighted by atomic mass is 16.6. The quantitative estimate of drug-likeness (QED) is 0.550. The molecule has 0 aliphatic carbocycles. The van der Waals surface area contributed by atoms with E-state index in [0.29, 0.717) is 13.2 Å².